The van der Waals surface area contributed by atoms with Gasteiger partial charge in [-0.2, -0.15) is 11.8 Å². The molecule has 0 radical (unpaired) electrons. The number of rotatable bonds is 22. The van der Waals surface area contributed by atoms with E-state index in [1.165, 1.54) is 35.1 Å². The first-order chi connectivity index (χ1) is 26.6. The van der Waals surface area contributed by atoms with Crippen LogP contribution in [0.2, 0.25) is 0 Å². The Hall–Kier alpha value is -5.37. The number of carboxylic acids is 1. The average Bonchev–Trinajstić information content (AvgIpc) is 3.86. The molecule has 0 saturated carbocycles. The van der Waals surface area contributed by atoms with E-state index < -0.39 is 77.7 Å². The molecule has 1 saturated heterocycles. The molecule has 19 nitrogen and oxygen atoms in total. The van der Waals surface area contributed by atoms with Crippen molar-refractivity contribution in [3.05, 3.63) is 48.0 Å². The van der Waals surface area contributed by atoms with Gasteiger partial charge in [0.05, 0.1) is 12.4 Å². The maximum absolute atomic E-state index is 14.3. The lowest BCUT2D eigenvalue weighted by atomic mass is 10.0. The molecule has 0 aliphatic carbocycles. The number of thioether (sulfide) groups is 1. The molecule has 308 valence electrons. The Morgan fingerprint density at radius 1 is 0.964 bits per heavy atom. The van der Waals surface area contributed by atoms with E-state index in [9.17, 15) is 39.0 Å². The van der Waals surface area contributed by atoms with E-state index in [0.717, 1.165) is 0 Å². The number of aliphatic carboxylic acids is 1. The van der Waals surface area contributed by atoms with E-state index in [2.05, 4.69) is 36.2 Å². The number of aromatic hydroxyl groups is 1. The summed E-state index contributed by atoms with van der Waals surface area (Å²) in [6.45, 7) is 3.73. The molecule has 0 bridgehead atoms. The van der Waals surface area contributed by atoms with Crippen molar-refractivity contribution in [1.29, 1.82) is 0 Å². The number of amides is 5. The number of likely N-dealkylation sites (tertiary alicyclic amines) is 1. The van der Waals surface area contributed by atoms with Gasteiger partial charge in [0.2, 0.25) is 29.5 Å². The highest BCUT2D eigenvalue weighted by Gasteiger charge is 2.40. The number of benzene rings is 1. The van der Waals surface area contributed by atoms with Crippen molar-refractivity contribution in [2.24, 2.45) is 28.1 Å². The van der Waals surface area contributed by atoms with Crippen LogP contribution in [-0.4, -0.2) is 128 Å². The van der Waals surface area contributed by atoms with Gasteiger partial charge in [0.1, 0.15) is 36.0 Å². The number of H-pyrrole nitrogens is 1. The Kier molecular flexibility index (Phi) is 17.9. The van der Waals surface area contributed by atoms with E-state index in [-0.39, 0.29) is 63.3 Å². The number of hydrogen-bond donors (Lipinski definition) is 10. The minimum absolute atomic E-state index is 0.00495. The Morgan fingerprint density at radius 2 is 1.64 bits per heavy atom. The highest BCUT2D eigenvalue weighted by molar-refractivity contribution is 7.98. The molecular weight excluding hydrogens is 747 g/mol. The van der Waals surface area contributed by atoms with E-state index in [1.807, 2.05) is 6.26 Å². The fourth-order valence-electron chi connectivity index (χ4n) is 6.16. The van der Waals surface area contributed by atoms with Crippen LogP contribution < -0.4 is 38.5 Å². The number of nitrogens with zero attached hydrogens (tertiary/aromatic N) is 3. The molecule has 13 N–H and O–H groups in total. The van der Waals surface area contributed by atoms with E-state index in [4.69, 9.17) is 17.2 Å². The topological polar surface area (TPSA) is 313 Å². The predicted molar refractivity (Wildman–Crippen MR) is 210 cm³/mol. The molecule has 1 aromatic carbocycles. The first-order valence-electron chi connectivity index (χ1n) is 18.4. The van der Waals surface area contributed by atoms with Gasteiger partial charge in [-0.05, 0) is 67.7 Å². The van der Waals surface area contributed by atoms with Gasteiger partial charge in [-0.3, -0.25) is 29.0 Å². The Morgan fingerprint density at radius 3 is 2.25 bits per heavy atom. The number of nitrogens with one attached hydrogen (secondary N) is 5. The largest absolute Gasteiger partial charge is 0.508 e. The normalized spacial score (nSPS) is 16.5. The number of aromatic amines is 1. The zero-order chi connectivity index (χ0) is 41.4. The highest BCUT2D eigenvalue weighted by Crippen LogP contribution is 2.21. The summed E-state index contributed by atoms with van der Waals surface area (Å²) in [5, 5.41) is 30.3. The molecule has 1 aliphatic heterocycles. The van der Waals surface area contributed by atoms with Gasteiger partial charge in [0, 0.05) is 37.8 Å². The van der Waals surface area contributed by atoms with Gasteiger partial charge in [-0.25, -0.2) is 9.78 Å². The number of carboxylic acid groups (broad SMARTS) is 1. The predicted octanol–water partition coefficient (Wildman–Crippen LogP) is -1.29. The first kappa shape index (κ1) is 45.0. The number of phenolic OH excluding ortho intramolecular Hbond substituents is 1. The fraction of sp³-hybridized carbons (Fsp3) is 0.556. The van der Waals surface area contributed by atoms with Gasteiger partial charge in [-0.1, -0.05) is 26.0 Å². The van der Waals surface area contributed by atoms with Crippen LogP contribution in [-0.2, 0) is 41.6 Å². The van der Waals surface area contributed by atoms with Crippen molar-refractivity contribution in [1.82, 2.24) is 36.1 Å². The Labute approximate surface area is 329 Å². The molecule has 5 amide bonds. The number of guanidine groups is 1. The number of nitrogens with two attached hydrogens (primary N) is 3. The van der Waals surface area contributed by atoms with E-state index >= 15 is 0 Å². The van der Waals surface area contributed by atoms with Crippen molar-refractivity contribution >= 4 is 53.2 Å². The van der Waals surface area contributed by atoms with Crippen molar-refractivity contribution in [3.8, 4) is 5.75 Å². The van der Waals surface area contributed by atoms with Crippen LogP contribution in [0.25, 0.3) is 0 Å². The van der Waals surface area contributed by atoms with E-state index in [1.54, 1.807) is 32.2 Å². The molecule has 0 spiro atoms. The maximum atomic E-state index is 14.3. The summed E-state index contributed by atoms with van der Waals surface area (Å²) in [5.41, 5.74) is 18.0. The zero-order valence-corrected chi connectivity index (χ0v) is 32.7. The standard InChI is InChI=1S/C36H55N11O8S/c1-20(2)29(33(52)44-26(35(54)55)6-4-13-41-36(38)39)46-32(51)28-7-5-14-47(28)34(53)27(16-21-8-10-23(48)11-9-21)45-31(50)25(12-15-56-3)43-30(49)24(37)17-22-18-40-19-42-22/h8-11,18-20,24-29,48H,4-7,12-17,37H2,1-3H3,(H,40,42)(H,43,49)(H,44,52)(H,45,50)(H,46,51)(H,54,55)(H4,38,39,41). The third kappa shape index (κ3) is 14.0. The van der Waals surface area contributed by atoms with Crippen molar-refractivity contribution in [2.75, 3.05) is 25.1 Å². The number of carbonyl (C=O) groups is 6. The van der Waals surface area contributed by atoms with E-state index in [0.29, 0.717) is 23.4 Å². The number of aliphatic imine (C=N–C) groups is 1. The monoisotopic (exact) mass is 801 g/mol. The summed E-state index contributed by atoms with van der Waals surface area (Å²) in [6.07, 6.45) is 6.30. The summed E-state index contributed by atoms with van der Waals surface area (Å²) < 4.78 is 0. The van der Waals surface area contributed by atoms with Gasteiger partial charge >= 0.3 is 5.97 Å². The molecule has 20 heteroatoms. The van der Waals surface area contributed by atoms with Gasteiger partial charge < -0.3 is 58.6 Å². The van der Waals surface area contributed by atoms with Crippen molar-refractivity contribution in [2.45, 2.75) is 95.0 Å². The second-order valence-corrected chi connectivity index (χ2v) is 14.9. The fourth-order valence-corrected chi connectivity index (χ4v) is 6.63. The molecule has 6 unspecified atom stereocenters. The lowest BCUT2D eigenvalue weighted by Crippen LogP contribution is -2.60. The van der Waals surface area contributed by atoms with Crippen LogP contribution in [0.5, 0.6) is 5.75 Å². The van der Waals surface area contributed by atoms with Crippen molar-refractivity contribution in [3.63, 3.8) is 0 Å². The molecule has 56 heavy (non-hydrogen) atoms. The Balaban J connectivity index is 1.79. The van der Waals surface area contributed by atoms with Crippen LogP contribution in [0.15, 0.2) is 41.8 Å². The van der Waals surface area contributed by atoms with Crippen LogP contribution in [0.1, 0.15) is 57.2 Å². The molecular formula is C36H55N11O8S. The molecule has 1 aliphatic rings. The minimum atomic E-state index is -1.27. The van der Waals surface area contributed by atoms with Crippen LogP contribution in [0.3, 0.4) is 0 Å². The minimum Gasteiger partial charge on any atom is -0.508 e. The molecule has 1 aromatic heterocycles. The average molecular weight is 802 g/mol. The summed E-state index contributed by atoms with van der Waals surface area (Å²) in [4.78, 5) is 92.4. The number of aromatic nitrogens is 2. The SMILES string of the molecule is CSCCC(NC(=O)C(N)Cc1cnc[nH]1)C(=O)NC(Cc1ccc(O)cc1)C(=O)N1CCCC1C(=O)NC(C(=O)NC(CCCN=C(N)N)C(=O)O)C(C)C. The molecule has 2 aromatic rings. The third-order valence-electron chi connectivity index (χ3n) is 9.21. The van der Waals surface area contributed by atoms with Gasteiger partial charge in [0.15, 0.2) is 5.96 Å². The number of carbonyl (C=O) groups excluding carboxylic acids is 5. The molecule has 2 heterocycles. The summed E-state index contributed by atoms with van der Waals surface area (Å²) in [6, 6.07) is -0.503. The maximum Gasteiger partial charge on any atom is 0.326 e. The second kappa shape index (κ2) is 22.2. The smallest absolute Gasteiger partial charge is 0.326 e. The quantitative estimate of drug-likeness (QED) is 0.0377. The van der Waals surface area contributed by atoms with Crippen LogP contribution in [0, 0.1) is 5.92 Å². The lowest BCUT2D eigenvalue weighted by molar-refractivity contribution is -0.144. The summed E-state index contributed by atoms with van der Waals surface area (Å²) >= 11 is 1.47. The van der Waals surface area contributed by atoms with Gasteiger partial charge in [0.25, 0.3) is 0 Å². The first-order valence-corrected chi connectivity index (χ1v) is 19.8. The highest BCUT2D eigenvalue weighted by atomic mass is 32.2. The lowest BCUT2D eigenvalue weighted by Gasteiger charge is -2.31. The van der Waals surface area contributed by atoms with Gasteiger partial charge in [-0.15, -0.1) is 0 Å². The van der Waals surface area contributed by atoms with Crippen LogP contribution >= 0.6 is 11.8 Å². The molecule has 3 rings (SSSR count). The zero-order valence-electron chi connectivity index (χ0n) is 31.9. The molecule has 6 atom stereocenters. The number of imidazole rings is 1. The summed E-state index contributed by atoms with van der Waals surface area (Å²) in [5.74, 6) is -4.42. The number of hydrogen-bond acceptors (Lipinski definition) is 11. The summed E-state index contributed by atoms with van der Waals surface area (Å²) in [7, 11) is 0. The second-order valence-electron chi connectivity index (χ2n) is 13.9. The molecule has 1 fully saturated rings. The Bertz CT molecular complexity index is 1650. The van der Waals surface area contributed by atoms with Crippen molar-refractivity contribution < 1.29 is 39.0 Å². The number of phenols is 1. The third-order valence-corrected chi connectivity index (χ3v) is 9.86. The van der Waals surface area contributed by atoms with Crippen LogP contribution in [0.4, 0.5) is 0 Å².